The number of anilines is 2. The first-order valence-electron chi connectivity index (χ1n) is 7.14. The van der Waals surface area contributed by atoms with E-state index in [1.54, 1.807) is 0 Å². The predicted molar refractivity (Wildman–Crippen MR) is 81.0 cm³/mol. The third-order valence-electron chi connectivity index (χ3n) is 3.49. The van der Waals surface area contributed by atoms with Gasteiger partial charge in [0.2, 0.25) is 11.9 Å². The molecule has 1 aromatic carbocycles. The molecule has 120 valence electrons. The maximum atomic E-state index is 12.9. The van der Waals surface area contributed by atoms with E-state index in [0.717, 1.165) is 12.4 Å². The van der Waals surface area contributed by atoms with Gasteiger partial charge in [0.15, 0.2) is 5.82 Å². The average Bonchev–Trinajstić information content (AvgIpc) is 2.58. The molecule has 6 nitrogen and oxygen atoms in total. The minimum Gasteiger partial charge on any atom is -0.337 e. The fraction of sp³-hybridized carbons (Fsp3) is 0.267. The Morgan fingerprint density at radius 1 is 1.17 bits per heavy atom. The molecule has 2 N–H and O–H groups in total. The lowest BCUT2D eigenvalue weighted by Crippen LogP contribution is -2.56. The van der Waals surface area contributed by atoms with E-state index in [1.807, 2.05) is 4.90 Å². The van der Waals surface area contributed by atoms with Gasteiger partial charge in [-0.2, -0.15) is 0 Å². The van der Waals surface area contributed by atoms with E-state index in [4.69, 9.17) is 0 Å². The Balaban J connectivity index is 1.64. The number of carbonyl (C=O) groups excluding carboxylic acids is 1. The molecule has 0 radical (unpaired) electrons. The molecule has 2 heterocycles. The number of nitrogens with zero attached hydrogens (tertiary/aromatic N) is 3. The molecule has 0 spiro atoms. The summed E-state index contributed by atoms with van der Waals surface area (Å²) < 4.78 is 25.8. The van der Waals surface area contributed by atoms with Crippen LogP contribution < -0.4 is 15.5 Å². The van der Waals surface area contributed by atoms with Crippen LogP contribution in [0.2, 0.25) is 0 Å². The van der Waals surface area contributed by atoms with Crippen LogP contribution in [-0.4, -0.2) is 41.6 Å². The zero-order valence-corrected chi connectivity index (χ0v) is 12.2. The summed E-state index contributed by atoms with van der Waals surface area (Å²) in [5.74, 6) is -0.719. The number of carbonyl (C=O) groups is 1. The number of amides is 1. The molecular formula is C15H15F2N5O. The van der Waals surface area contributed by atoms with Gasteiger partial charge >= 0.3 is 0 Å². The SMILES string of the molecule is O=C(Nc1ccc(F)cc1)[C@H]1CN(c2ncc(F)cn2)CCN1. The molecule has 1 aromatic heterocycles. The first-order valence-corrected chi connectivity index (χ1v) is 7.14. The van der Waals surface area contributed by atoms with Crippen molar-refractivity contribution in [3.8, 4) is 0 Å². The Hall–Kier alpha value is -2.61. The van der Waals surface area contributed by atoms with Gasteiger partial charge < -0.3 is 15.5 Å². The van der Waals surface area contributed by atoms with Gasteiger partial charge in [-0.15, -0.1) is 0 Å². The van der Waals surface area contributed by atoms with Crippen molar-refractivity contribution in [3.63, 3.8) is 0 Å². The molecule has 0 aliphatic carbocycles. The molecule has 3 rings (SSSR count). The van der Waals surface area contributed by atoms with Crippen molar-refractivity contribution in [1.82, 2.24) is 15.3 Å². The van der Waals surface area contributed by atoms with Gasteiger partial charge in [0.25, 0.3) is 0 Å². The van der Waals surface area contributed by atoms with E-state index in [-0.39, 0.29) is 11.7 Å². The van der Waals surface area contributed by atoms with Gasteiger partial charge in [-0.25, -0.2) is 18.7 Å². The number of aromatic nitrogens is 2. The zero-order valence-electron chi connectivity index (χ0n) is 12.2. The molecule has 1 fully saturated rings. The van der Waals surface area contributed by atoms with Crippen molar-refractivity contribution >= 4 is 17.5 Å². The second kappa shape index (κ2) is 6.66. The molecule has 0 bridgehead atoms. The van der Waals surface area contributed by atoms with Crippen molar-refractivity contribution in [2.75, 3.05) is 29.9 Å². The highest BCUT2D eigenvalue weighted by molar-refractivity contribution is 5.95. The normalized spacial score (nSPS) is 17.8. The number of piperazine rings is 1. The molecule has 0 unspecified atom stereocenters. The Kier molecular flexibility index (Phi) is 4.42. The van der Waals surface area contributed by atoms with E-state index in [2.05, 4.69) is 20.6 Å². The van der Waals surface area contributed by atoms with E-state index in [1.165, 1.54) is 24.3 Å². The first-order chi connectivity index (χ1) is 11.1. The summed E-state index contributed by atoms with van der Waals surface area (Å²) in [6.45, 7) is 1.55. The van der Waals surface area contributed by atoms with E-state index < -0.39 is 11.9 Å². The summed E-state index contributed by atoms with van der Waals surface area (Å²) in [5.41, 5.74) is 0.522. The molecule has 1 aliphatic heterocycles. The minimum absolute atomic E-state index is 0.233. The maximum absolute atomic E-state index is 12.9. The smallest absolute Gasteiger partial charge is 0.243 e. The second-order valence-electron chi connectivity index (χ2n) is 5.15. The van der Waals surface area contributed by atoms with Gasteiger partial charge in [-0.05, 0) is 24.3 Å². The highest BCUT2D eigenvalue weighted by atomic mass is 19.1. The number of nitrogens with one attached hydrogen (secondary N) is 2. The molecule has 0 saturated carbocycles. The van der Waals surface area contributed by atoms with Crippen LogP contribution in [0.4, 0.5) is 20.4 Å². The molecule has 23 heavy (non-hydrogen) atoms. The van der Waals surface area contributed by atoms with Crippen LogP contribution in [0.3, 0.4) is 0 Å². The summed E-state index contributed by atoms with van der Waals surface area (Å²) in [5, 5.41) is 5.83. The summed E-state index contributed by atoms with van der Waals surface area (Å²) in [6.07, 6.45) is 2.19. The molecule has 2 aromatic rings. The maximum Gasteiger partial charge on any atom is 0.243 e. The van der Waals surface area contributed by atoms with Crippen LogP contribution in [0.5, 0.6) is 0 Å². The Labute approximate surface area is 131 Å². The van der Waals surface area contributed by atoms with Crippen LogP contribution in [-0.2, 0) is 4.79 Å². The van der Waals surface area contributed by atoms with Crippen molar-refractivity contribution in [2.45, 2.75) is 6.04 Å². The molecule has 1 amide bonds. The van der Waals surface area contributed by atoms with Gasteiger partial charge in [0, 0.05) is 25.3 Å². The molecule has 1 aliphatic rings. The third kappa shape index (κ3) is 3.78. The molecule has 8 heteroatoms. The highest BCUT2D eigenvalue weighted by Gasteiger charge is 2.26. The van der Waals surface area contributed by atoms with Crippen molar-refractivity contribution < 1.29 is 13.6 Å². The molecular weight excluding hydrogens is 304 g/mol. The predicted octanol–water partition coefficient (Wildman–Crippen LogP) is 1.17. The van der Waals surface area contributed by atoms with Crippen LogP contribution in [0.1, 0.15) is 0 Å². The van der Waals surface area contributed by atoms with E-state index in [9.17, 15) is 13.6 Å². The van der Waals surface area contributed by atoms with Crippen LogP contribution >= 0.6 is 0 Å². The first kappa shape index (κ1) is 15.3. The summed E-state index contributed by atoms with van der Waals surface area (Å²) in [4.78, 5) is 22.0. The zero-order chi connectivity index (χ0) is 16.2. The average molecular weight is 319 g/mol. The number of hydrogen-bond acceptors (Lipinski definition) is 5. The van der Waals surface area contributed by atoms with Crippen LogP contribution in [0.25, 0.3) is 0 Å². The fourth-order valence-corrected chi connectivity index (χ4v) is 2.34. The lowest BCUT2D eigenvalue weighted by atomic mass is 10.2. The Morgan fingerprint density at radius 3 is 2.57 bits per heavy atom. The van der Waals surface area contributed by atoms with Crippen molar-refractivity contribution in [1.29, 1.82) is 0 Å². The summed E-state index contributed by atoms with van der Waals surface area (Å²) in [6, 6.07) is 5.08. The van der Waals surface area contributed by atoms with E-state index >= 15 is 0 Å². The largest absolute Gasteiger partial charge is 0.337 e. The Morgan fingerprint density at radius 2 is 1.87 bits per heavy atom. The Bertz CT molecular complexity index is 677. The topological polar surface area (TPSA) is 70.2 Å². The number of benzene rings is 1. The van der Waals surface area contributed by atoms with Crippen LogP contribution in [0, 0.1) is 11.6 Å². The van der Waals surface area contributed by atoms with Crippen LogP contribution in [0.15, 0.2) is 36.7 Å². The summed E-state index contributed by atoms with van der Waals surface area (Å²) in [7, 11) is 0. The molecule has 1 atom stereocenters. The van der Waals surface area contributed by atoms with Gasteiger partial charge in [-0.1, -0.05) is 0 Å². The molecule has 1 saturated heterocycles. The highest BCUT2D eigenvalue weighted by Crippen LogP contribution is 2.12. The third-order valence-corrected chi connectivity index (χ3v) is 3.49. The van der Waals surface area contributed by atoms with E-state index in [0.29, 0.717) is 31.3 Å². The minimum atomic E-state index is -0.505. The van der Waals surface area contributed by atoms with Gasteiger partial charge in [-0.3, -0.25) is 4.79 Å². The van der Waals surface area contributed by atoms with Crippen molar-refractivity contribution in [3.05, 3.63) is 48.3 Å². The van der Waals surface area contributed by atoms with Crippen molar-refractivity contribution in [2.24, 2.45) is 0 Å². The fourth-order valence-electron chi connectivity index (χ4n) is 2.34. The second-order valence-corrected chi connectivity index (χ2v) is 5.15. The summed E-state index contributed by atoms with van der Waals surface area (Å²) >= 11 is 0. The number of hydrogen-bond donors (Lipinski definition) is 2. The standard InChI is InChI=1S/C15H15F2N5O/c16-10-1-3-12(4-2-10)21-14(23)13-9-22(6-5-18-13)15-19-7-11(17)8-20-15/h1-4,7-8,13,18H,5-6,9H2,(H,21,23)/t13-/m1/s1. The van der Waals surface area contributed by atoms with Gasteiger partial charge in [0.1, 0.15) is 11.9 Å². The quantitative estimate of drug-likeness (QED) is 0.889. The monoisotopic (exact) mass is 319 g/mol. The van der Waals surface area contributed by atoms with Gasteiger partial charge in [0.05, 0.1) is 12.4 Å². The number of halogens is 2. The lowest BCUT2D eigenvalue weighted by Gasteiger charge is -2.32. The number of rotatable bonds is 3. The lowest BCUT2D eigenvalue weighted by molar-refractivity contribution is -0.118.